The highest BCUT2D eigenvalue weighted by atomic mass is 19.3. The Morgan fingerprint density at radius 3 is 2.73 bits per heavy atom. The molecule has 1 N–H and O–H groups in total. The molecule has 0 rings (SSSR count). The van der Waals surface area contributed by atoms with Crippen LogP contribution in [0.2, 0.25) is 0 Å². The first-order valence-electron chi connectivity index (χ1n) is 3.19. The van der Waals surface area contributed by atoms with Crippen molar-refractivity contribution in [3.8, 4) is 6.26 Å². The Morgan fingerprint density at radius 1 is 1.64 bits per heavy atom. The highest BCUT2D eigenvalue weighted by molar-refractivity contribution is 4.62. The van der Waals surface area contributed by atoms with E-state index >= 15 is 0 Å². The van der Waals surface area contributed by atoms with Gasteiger partial charge in [0.1, 0.15) is 6.61 Å². The lowest BCUT2D eigenvalue weighted by molar-refractivity contribution is 0.134. The highest BCUT2D eigenvalue weighted by Crippen LogP contribution is 1.90. The molecule has 0 aromatic rings. The van der Waals surface area contributed by atoms with Crippen LogP contribution >= 0.6 is 0 Å². The van der Waals surface area contributed by atoms with Gasteiger partial charge >= 0.3 is 0 Å². The second kappa shape index (κ2) is 5.86. The fourth-order valence-electron chi connectivity index (χ4n) is 0.511. The molecule has 0 aliphatic rings. The van der Waals surface area contributed by atoms with Crippen molar-refractivity contribution in [2.45, 2.75) is 19.4 Å². The minimum absolute atomic E-state index is 0.128. The average molecular weight is 164 g/mol. The van der Waals surface area contributed by atoms with Gasteiger partial charge in [-0.2, -0.15) is 5.26 Å². The van der Waals surface area contributed by atoms with Crippen molar-refractivity contribution in [1.29, 1.82) is 5.26 Å². The third-order valence-electron chi connectivity index (χ3n) is 1.02. The third-order valence-corrected chi connectivity index (χ3v) is 1.02. The summed E-state index contributed by atoms with van der Waals surface area (Å²) in [6.07, 6.45) is -0.903. The molecule has 0 aliphatic carbocycles. The number of alkyl halides is 2. The Morgan fingerprint density at radius 2 is 2.27 bits per heavy atom. The van der Waals surface area contributed by atoms with Gasteiger partial charge in [-0.3, -0.25) is 0 Å². The van der Waals surface area contributed by atoms with Gasteiger partial charge in [-0.15, -0.1) is 0 Å². The second-order valence-electron chi connectivity index (χ2n) is 2.10. The van der Waals surface area contributed by atoms with E-state index in [1.807, 2.05) is 0 Å². The Bertz CT molecular complexity index is 135. The summed E-state index contributed by atoms with van der Waals surface area (Å²) in [5.74, 6) is 0. The van der Waals surface area contributed by atoms with E-state index in [0.29, 0.717) is 0 Å². The van der Waals surface area contributed by atoms with Crippen LogP contribution in [0, 0.1) is 11.5 Å². The SMILES string of the molecule is CC(COC#N)NCC(F)F. The van der Waals surface area contributed by atoms with Gasteiger partial charge in [-0.25, -0.2) is 8.78 Å². The summed E-state index contributed by atoms with van der Waals surface area (Å²) >= 11 is 0. The van der Waals surface area contributed by atoms with Crippen LogP contribution < -0.4 is 5.32 Å². The second-order valence-corrected chi connectivity index (χ2v) is 2.10. The zero-order valence-corrected chi connectivity index (χ0v) is 6.18. The van der Waals surface area contributed by atoms with Crippen LogP contribution in [0.1, 0.15) is 6.92 Å². The predicted octanol–water partition coefficient (Wildman–Crippen LogP) is 0.727. The molecular formula is C6H10F2N2O. The van der Waals surface area contributed by atoms with Crippen LogP contribution in [-0.4, -0.2) is 25.6 Å². The monoisotopic (exact) mass is 164 g/mol. The van der Waals surface area contributed by atoms with Crippen LogP contribution in [0.3, 0.4) is 0 Å². The van der Waals surface area contributed by atoms with Gasteiger partial charge in [0.2, 0.25) is 0 Å². The summed E-state index contributed by atoms with van der Waals surface area (Å²) in [4.78, 5) is 0. The van der Waals surface area contributed by atoms with Crippen molar-refractivity contribution >= 4 is 0 Å². The maximum atomic E-state index is 11.5. The van der Waals surface area contributed by atoms with E-state index in [-0.39, 0.29) is 19.2 Å². The quantitative estimate of drug-likeness (QED) is 0.609. The van der Waals surface area contributed by atoms with E-state index in [1.54, 1.807) is 6.92 Å². The smallest absolute Gasteiger partial charge is 0.286 e. The Hall–Kier alpha value is -0.890. The number of nitriles is 1. The maximum absolute atomic E-state index is 11.5. The molecule has 0 saturated heterocycles. The first-order chi connectivity index (χ1) is 5.16. The number of halogens is 2. The molecule has 0 spiro atoms. The fourth-order valence-corrected chi connectivity index (χ4v) is 0.511. The lowest BCUT2D eigenvalue weighted by Crippen LogP contribution is -2.33. The molecule has 0 aromatic carbocycles. The normalized spacial score (nSPS) is 12.6. The fraction of sp³-hybridized carbons (Fsp3) is 0.833. The van der Waals surface area contributed by atoms with Gasteiger partial charge in [0.25, 0.3) is 12.7 Å². The molecule has 1 atom stereocenters. The van der Waals surface area contributed by atoms with E-state index in [1.165, 1.54) is 6.26 Å². The van der Waals surface area contributed by atoms with Crippen molar-refractivity contribution < 1.29 is 13.5 Å². The third kappa shape index (κ3) is 7.00. The molecule has 11 heavy (non-hydrogen) atoms. The van der Waals surface area contributed by atoms with Crippen molar-refractivity contribution in [1.82, 2.24) is 5.32 Å². The van der Waals surface area contributed by atoms with Crippen LogP contribution in [0.5, 0.6) is 0 Å². The summed E-state index contributed by atoms with van der Waals surface area (Å²) in [6.45, 7) is 1.43. The maximum Gasteiger partial charge on any atom is 0.286 e. The number of hydrogen-bond acceptors (Lipinski definition) is 3. The Labute approximate surface area is 64.0 Å². The van der Waals surface area contributed by atoms with Crippen LogP contribution in [0.15, 0.2) is 0 Å². The molecule has 64 valence electrons. The molecule has 0 bridgehead atoms. The zero-order chi connectivity index (χ0) is 8.69. The number of hydrogen-bond donors (Lipinski definition) is 1. The minimum atomic E-state index is -2.36. The van der Waals surface area contributed by atoms with Crippen LogP contribution in [-0.2, 0) is 4.74 Å². The summed E-state index contributed by atoms with van der Waals surface area (Å²) in [6, 6.07) is -0.219. The standard InChI is InChI=1S/C6H10F2N2O/c1-5(3-11-4-9)10-2-6(7)8/h5-6,10H,2-3H2,1H3. The van der Waals surface area contributed by atoms with Crippen LogP contribution in [0.4, 0.5) is 8.78 Å². The summed E-state index contributed by atoms with van der Waals surface area (Å²) < 4.78 is 27.4. The van der Waals surface area contributed by atoms with Gasteiger partial charge < -0.3 is 10.1 Å². The number of ether oxygens (including phenoxy) is 1. The molecular weight excluding hydrogens is 154 g/mol. The largest absolute Gasteiger partial charge is 0.426 e. The van der Waals surface area contributed by atoms with Gasteiger partial charge in [-0.05, 0) is 6.92 Å². The molecule has 0 aromatic heterocycles. The lowest BCUT2D eigenvalue weighted by atomic mass is 10.3. The van der Waals surface area contributed by atoms with E-state index < -0.39 is 6.43 Å². The van der Waals surface area contributed by atoms with Crippen molar-refractivity contribution in [2.24, 2.45) is 0 Å². The van der Waals surface area contributed by atoms with Crippen molar-refractivity contribution in [3.63, 3.8) is 0 Å². The molecule has 0 saturated carbocycles. The summed E-state index contributed by atoms with van der Waals surface area (Å²) in [7, 11) is 0. The molecule has 0 amide bonds. The first-order valence-corrected chi connectivity index (χ1v) is 3.19. The summed E-state index contributed by atoms with van der Waals surface area (Å²) in [5, 5.41) is 10.4. The van der Waals surface area contributed by atoms with Gasteiger partial charge in [0, 0.05) is 6.04 Å². The molecule has 5 heteroatoms. The molecule has 0 aliphatic heterocycles. The van der Waals surface area contributed by atoms with Crippen molar-refractivity contribution in [2.75, 3.05) is 13.2 Å². The molecule has 1 unspecified atom stereocenters. The first kappa shape index (κ1) is 10.1. The van der Waals surface area contributed by atoms with E-state index in [4.69, 9.17) is 5.26 Å². The van der Waals surface area contributed by atoms with Crippen molar-refractivity contribution in [3.05, 3.63) is 0 Å². The lowest BCUT2D eigenvalue weighted by Gasteiger charge is -2.10. The van der Waals surface area contributed by atoms with Gasteiger partial charge in [0.05, 0.1) is 6.54 Å². The molecule has 0 fully saturated rings. The molecule has 0 radical (unpaired) electrons. The topological polar surface area (TPSA) is 45.0 Å². The molecule has 3 nitrogen and oxygen atoms in total. The number of nitrogens with one attached hydrogen (secondary N) is 1. The van der Waals surface area contributed by atoms with E-state index in [0.717, 1.165) is 0 Å². The minimum Gasteiger partial charge on any atom is -0.426 e. The van der Waals surface area contributed by atoms with Gasteiger partial charge in [-0.1, -0.05) is 0 Å². The Balaban J connectivity index is 3.23. The Kier molecular flexibility index (Phi) is 5.39. The zero-order valence-electron chi connectivity index (χ0n) is 6.18. The van der Waals surface area contributed by atoms with E-state index in [2.05, 4.69) is 10.1 Å². The van der Waals surface area contributed by atoms with Crippen LogP contribution in [0.25, 0.3) is 0 Å². The number of nitrogens with zero attached hydrogens (tertiary/aromatic N) is 1. The highest BCUT2D eigenvalue weighted by Gasteiger charge is 2.05. The molecule has 0 heterocycles. The predicted molar refractivity (Wildman–Crippen MR) is 35.0 cm³/mol. The van der Waals surface area contributed by atoms with Gasteiger partial charge in [0.15, 0.2) is 0 Å². The average Bonchev–Trinajstić information content (AvgIpc) is 1.97. The van der Waals surface area contributed by atoms with E-state index in [9.17, 15) is 8.78 Å². The summed E-state index contributed by atoms with van der Waals surface area (Å²) in [5.41, 5.74) is 0. The number of rotatable bonds is 5.